The first-order valence-electron chi connectivity index (χ1n) is 4.60. The highest BCUT2D eigenvalue weighted by Crippen LogP contribution is 2.07. The van der Waals surface area contributed by atoms with Crippen LogP contribution in [-0.4, -0.2) is 12.6 Å². The molecule has 1 unspecified atom stereocenters. The standard InChI is InChI=1S/C10H21N/c1-5-11-10(4)8-6-7-9(2)3/h1,9-11H,5-8H2,2-4H3. The molecule has 0 aromatic rings. The first-order chi connectivity index (χ1) is 5.16. The molecule has 0 spiro atoms. The van der Waals surface area contributed by atoms with Crippen LogP contribution in [0.5, 0.6) is 0 Å². The van der Waals surface area contributed by atoms with Gasteiger partial charge >= 0.3 is 0 Å². The average Bonchev–Trinajstić information content (AvgIpc) is 1.87. The van der Waals surface area contributed by atoms with Crippen LogP contribution in [0.3, 0.4) is 0 Å². The summed E-state index contributed by atoms with van der Waals surface area (Å²) in [5, 5.41) is 3.20. The number of hydrogen-bond acceptors (Lipinski definition) is 1. The molecule has 0 fully saturated rings. The minimum atomic E-state index is 0.582. The molecule has 0 heterocycles. The number of rotatable bonds is 6. The van der Waals surface area contributed by atoms with E-state index in [9.17, 15) is 0 Å². The van der Waals surface area contributed by atoms with E-state index in [2.05, 4.69) is 26.1 Å². The van der Waals surface area contributed by atoms with Gasteiger partial charge in [-0.2, -0.15) is 0 Å². The van der Waals surface area contributed by atoms with Gasteiger partial charge in [0.25, 0.3) is 0 Å². The van der Waals surface area contributed by atoms with E-state index in [0.29, 0.717) is 12.6 Å². The normalized spacial score (nSPS) is 13.9. The van der Waals surface area contributed by atoms with Gasteiger partial charge in [-0.3, -0.25) is 0 Å². The lowest BCUT2D eigenvalue weighted by Gasteiger charge is -2.12. The monoisotopic (exact) mass is 155 g/mol. The zero-order valence-corrected chi connectivity index (χ0v) is 8.06. The highest BCUT2D eigenvalue weighted by atomic mass is 14.9. The van der Waals surface area contributed by atoms with Crippen molar-refractivity contribution in [2.45, 2.75) is 46.1 Å². The largest absolute Gasteiger partial charge is 0.314 e. The molecule has 0 rings (SSSR count). The average molecular weight is 155 g/mol. The Morgan fingerprint density at radius 2 is 1.82 bits per heavy atom. The quantitative estimate of drug-likeness (QED) is 0.621. The van der Waals surface area contributed by atoms with Gasteiger partial charge in [0.1, 0.15) is 0 Å². The number of hydrogen-bond donors (Lipinski definition) is 1. The lowest BCUT2D eigenvalue weighted by atomic mass is 10.0. The first-order valence-corrected chi connectivity index (χ1v) is 4.60. The predicted molar refractivity (Wildman–Crippen MR) is 50.5 cm³/mol. The Morgan fingerprint density at radius 3 is 2.27 bits per heavy atom. The second kappa shape index (κ2) is 6.66. The molecular formula is C10H21N. The fourth-order valence-electron chi connectivity index (χ4n) is 1.14. The van der Waals surface area contributed by atoms with Gasteiger partial charge in [0.05, 0.1) is 0 Å². The van der Waals surface area contributed by atoms with Crippen molar-refractivity contribution in [2.24, 2.45) is 5.92 Å². The molecule has 0 bridgehead atoms. The molecule has 11 heavy (non-hydrogen) atoms. The summed E-state index contributed by atoms with van der Waals surface area (Å²) in [7, 11) is 0. The SMILES string of the molecule is [CH]CNC(C)CCCC(C)C. The van der Waals surface area contributed by atoms with E-state index in [1.54, 1.807) is 0 Å². The van der Waals surface area contributed by atoms with Crippen molar-refractivity contribution >= 4 is 0 Å². The van der Waals surface area contributed by atoms with Crippen LogP contribution < -0.4 is 5.32 Å². The van der Waals surface area contributed by atoms with Crippen molar-refractivity contribution in [1.29, 1.82) is 0 Å². The summed E-state index contributed by atoms with van der Waals surface area (Å²) in [6.07, 6.45) is 3.89. The minimum absolute atomic E-state index is 0.582. The molecule has 0 aliphatic heterocycles. The molecule has 0 aromatic heterocycles. The van der Waals surface area contributed by atoms with E-state index in [1.165, 1.54) is 19.3 Å². The molecule has 0 aliphatic carbocycles. The third-order valence-electron chi connectivity index (χ3n) is 1.88. The van der Waals surface area contributed by atoms with Gasteiger partial charge < -0.3 is 5.32 Å². The van der Waals surface area contributed by atoms with Crippen molar-refractivity contribution < 1.29 is 0 Å². The van der Waals surface area contributed by atoms with E-state index < -0.39 is 0 Å². The summed E-state index contributed by atoms with van der Waals surface area (Å²) in [6, 6.07) is 0.582. The van der Waals surface area contributed by atoms with Gasteiger partial charge in [0.15, 0.2) is 0 Å². The van der Waals surface area contributed by atoms with Crippen LogP contribution in [0.1, 0.15) is 40.0 Å². The zero-order chi connectivity index (χ0) is 8.69. The maximum Gasteiger partial charge on any atom is 0.00388 e. The summed E-state index contributed by atoms with van der Waals surface area (Å²) < 4.78 is 0. The van der Waals surface area contributed by atoms with Crippen LogP contribution in [0, 0.1) is 12.8 Å². The third-order valence-corrected chi connectivity index (χ3v) is 1.88. The first kappa shape index (κ1) is 11.0. The molecule has 1 heteroatoms. The van der Waals surface area contributed by atoms with Crippen LogP contribution in [0.25, 0.3) is 0 Å². The minimum Gasteiger partial charge on any atom is -0.314 e. The highest BCUT2D eigenvalue weighted by Gasteiger charge is 1.99. The molecule has 0 amide bonds. The van der Waals surface area contributed by atoms with Crippen molar-refractivity contribution in [2.75, 3.05) is 6.54 Å². The lowest BCUT2D eigenvalue weighted by Crippen LogP contribution is -2.25. The Hall–Kier alpha value is -0.0400. The van der Waals surface area contributed by atoms with Crippen molar-refractivity contribution in [3.63, 3.8) is 0 Å². The zero-order valence-electron chi connectivity index (χ0n) is 8.06. The van der Waals surface area contributed by atoms with E-state index in [-0.39, 0.29) is 0 Å². The van der Waals surface area contributed by atoms with Gasteiger partial charge in [-0.25, -0.2) is 0 Å². The van der Waals surface area contributed by atoms with Crippen molar-refractivity contribution in [1.82, 2.24) is 5.32 Å². The fraction of sp³-hybridized carbons (Fsp3) is 0.900. The Labute approximate surface area is 71.6 Å². The van der Waals surface area contributed by atoms with Gasteiger partial charge in [0.2, 0.25) is 0 Å². The third kappa shape index (κ3) is 7.86. The Balaban J connectivity index is 3.10. The summed E-state index contributed by atoms with van der Waals surface area (Å²) in [5.41, 5.74) is 0. The van der Waals surface area contributed by atoms with Gasteiger partial charge in [-0.15, -0.1) is 0 Å². The van der Waals surface area contributed by atoms with Crippen molar-refractivity contribution in [3.8, 4) is 0 Å². The maximum absolute atomic E-state index is 5.35. The molecule has 1 N–H and O–H groups in total. The summed E-state index contributed by atoms with van der Waals surface area (Å²) in [4.78, 5) is 0. The van der Waals surface area contributed by atoms with Gasteiger partial charge in [-0.1, -0.05) is 26.7 Å². The summed E-state index contributed by atoms with van der Waals surface area (Å²) >= 11 is 0. The van der Waals surface area contributed by atoms with E-state index in [0.717, 1.165) is 5.92 Å². The molecule has 2 radical (unpaired) electrons. The fourth-order valence-corrected chi connectivity index (χ4v) is 1.14. The maximum atomic E-state index is 5.35. The molecule has 1 atom stereocenters. The van der Waals surface area contributed by atoms with Gasteiger partial charge in [-0.05, 0) is 32.7 Å². The lowest BCUT2D eigenvalue weighted by molar-refractivity contribution is 0.470. The van der Waals surface area contributed by atoms with Gasteiger partial charge in [0, 0.05) is 6.04 Å². The smallest absolute Gasteiger partial charge is 0.00388 e. The Morgan fingerprint density at radius 1 is 1.18 bits per heavy atom. The van der Waals surface area contributed by atoms with Crippen LogP contribution >= 0.6 is 0 Å². The summed E-state index contributed by atoms with van der Waals surface area (Å²) in [6.45, 7) is 12.7. The molecular weight excluding hydrogens is 134 g/mol. The predicted octanol–water partition coefficient (Wildman–Crippen LogP) is 2.50. The topological polar surface area (TPSA) is 12.0 Å². The van der Waals surface area contributed by atoms with Crippen LogP contribution in [-0.2, 0) is 0 Å². The molecule has 66 valence electrons. The van der Waals surface area contributed by atoms with E-state index in [4.69, 9.17) is 6.92 Å². The Kier molecular flexibility index (Phi) is 6.63. The summed E-state index contributed by atoms with van der Waals surface area (Å²) in [5.74, 6) is 0.833. The molecule has 0 aliphatic rings. The van der Waals surface area contributed by atoms with Crippen LogP contribution in [0.2, 0.25) is 0 Å². The van der Waals surface area contributed by atoms with Crippen LogP contribution in [0.4, 0.5) is 0 Å². The molecule has 0 saturated carbocycles. The van der Waals surface area contributed by atoms with E-state index in [1.807, 2.05) is 0 Å². The van der Waals surface area contributed by atoms with Crippen molar-refractivity contribution in [3.05, 3.63) is 6.92 Å². The molecule has 0 aromatic carbocycles. The van der Waals surface area contributed by atoms with Crippen LogP contribution in [0.15, 0.2) is 0 Å². The molecule has 1 nitrogen and oxygen atoms in total. The molecule has 0 saturated heterocycles. The Bertz CT molecular complexity index is 78.9. The van der Waals surface area contributed by atoms with E-state index >= 15 is 0 Å². The second-order valence-electron chi connectivity index (χ2n) is 3.63. The highest BCUT2D eigenvalue weighted by molar-refractivity contribution is 4.61. The second-order valence-corrected chi connectivity index (χ2v) is 3.63. The number of nitrogens with one attached hydrogen (secondary N) is 1.